The Morgan fingerprint density at radius 3 is 2.50 bits per heavy atom. The summed E-state index contributed by atoms with van der Waals surface area (Å²) in [5, 5.41) is 3.57. The van der Waals surface area contributed by atoms with Gasteiger partial charge in [0.2, 0.25) is 0 Å². The third kappa shape index (κ3) is 3.33. The van der Waals surface area contributed by atoms with Gasteiger partial charge in [-0.25, -0.2) is 0 Å². The highest BCUT2D eigenvalue weighted by Gasteiger charge is 2.33. The molecule has 0 fully saturated rings. The average molecular weight is 249 g/mol. The van der Waals surface area contributed by atoms with Crippen LogP contribution < -0.4 is 5.32 Å². The third-order valence-electron chi connectivity index (χ3n) is 3.88. The first-order valence-corrected chi connectivity index (χ1v) is 6.98. The zero-order valence-electron chi connectivity index (χ0n) is 12.4. The highest BCUT2D eigenvalue weighted by atomic mass is 16.5. The van der Waals surface area contributed by atoms with Crippen LogP contribution in [-0.2, 0) is 11.2 Å². The van der Waals surface area contributed by atoms with Crippen LogP contribution in [0.3, 0.4) is 0 Å². The molecule has 2 heteroatoms. The summed E-state index contributed by atoms with van der Waals surface area (Å²) in [4.78, 5) is 0. The number of ether oxygens (including phenoxy) is 1. The third-order valence-corrected chi connectivity index (χ3v) is 3.88. The first-order chi connectivity index (χ1) is 8.61. The van der Waals surface area contributed by atoms with Crippen LogP contribution in [0.2, 0.25) is 0 Å². The van der Waals surface area contributed by atoms with Crippen LogP contribution in [0.5, 0.6) is 0 Å². The van der Waals surface area contributed by atoms with Gasteiger partial charge in [-0.3, -0.25) is 0 Å². The van der Waals surface area contributed by atoms with E-state index in [2.05, 4.69) is 57.3 Å². The first kappa shape index (κ1) is 15.2. The monoisotopic (exact) mass is 249 g/mol. The number of rotatable bonds is 7. The molecule has 0 saturated carbocycles. The Bertz CT molecular complexity index is 358. The SMILES string of the molecule is CCNC(c1cccc(CC)c1)C(C)(CC)OC. The van der Waals surface area contributed by atoms with Gasteiger partial charge in [-0.2, -0.15) is 0 Å². The lowest BCUT2D eigenvalue weighted by Crippen LogP contribution is -2.42. The minimum absolute atomic E-state index is 0.164. The smallest absolute Gasteiger partial charge is 0.0841 e. The predicted molar refractivity (Wildman–Crippen MR) is 77.9 cm³/mol. The molecule has 102 valence electrons. The normalized spacial score (nSPS) is 16.3. The molecule has 18 heavy (non-hydrogen) atoms. The fraction of sp³-hybridized carbons (Fsp3) is 0.625. The molecule has 0 amide bonds. The Balaban J connectivity index is 3.10. The second-order valence-corrected chi connectivity index (χ2v) is 4.96. The molecule has 0 spiro atoms. The molecule has 0 aliphatic rings. The van der Waals surface area contributed by atoms with Crippen LogP contribution in [0.1, 0.15) is 51.3 Å². The summed E-state index contributed by atoms with van der Waals surface area (Å²) in [6.45, 7) is 9.63. The van der Waals surface area contributed by atoms with E-state index in [1.54, 1.807) is 7.11 Å². The Morgan fingerprint density at radius 1 is 1.28 bits per heavy atom. The number of aryl methyl sites for hydroxylation is 1. The van der Waals surface area contributed by atoms with Crippen LogP contribution in [0.15, 0.2) is 24.3 Å². The van der Waals surface area contributed by atoms with Gasteiger partial charge in [0.15, 0.2) is 0 Å². The van der Waals surface area contributed by atoms with Crippen LogP contribution in [-0.4, -0.2) is 19.3 Å². The number of likely N-dealkylation sites (N-methyl/N-ethyl adjacent to an activating group) is 1. The Hall–Kier alpha value is -0.860. The largest absolute Gasteiger partial charge is 0.377 e. The van der Waals surface area contributed by atoms with Crippen molar-refractivity contribution < 1.29 is 4.74 Å². The van der Waals surface area contributed by atoms with E-state index in [1.165, 1.54) is 11.1 Å². The number of hydrogen-bond acceptors (Lipinski definition) is 2. The van der Waals surface area contributed by atoms with Gasteiger partial charge < -0.3 is 10.1 Å². The van der Waals surface area contributed by atoms with E-state index in [1.807, 2.05) is 0 Å². The molecule has 1 aromatic rings. The fourth-order valence-electron chi connectivity index (χ4n) is 2.35. The highest BCUT2D eigenvalue weighted by molar-refractivity contribution is 5.28. The minimum Gasteiger partial charge on any atom is -0.377 e. The lowest BCUT2D eigenvalue weighted by molar-refractivity contribution is -0.0296. The van der Waals surface area contributed by atoms with Crippen molar-refractivity contribution in [2.75, 3.05) is 13.7 Å². The number of methoxy groups -OCH3 is 1. The topological polar surface area (TPSA) is 21.3 Å². The molecule has 2 atom stereocenters. The van der Waals surface area contributed by atoms with E-state index in [4.69, 9.17) is 4.74 Å². The van der Waals surface area contributed by atoms with Gasteiger partial charge in [-0.1, -0.05) is 45.0 Å². The van der Waals surface area contributed by atoms with Crippen molar-refractivity contribution in [1.29, 1.82) is 0 Å². The lowest BCUT2D eigenvalue weighted by Gasteiger charge is -2.37. The second kappa shape index (κ2) is 6.91. The molecule has 2 nitrogen and oxygen atoms in total. The van der Waals surface area contributed by atoms with Crippen LogP contribution in [0.4, 0.5) is 0 Å². The summed E-state index contributed by atoms with van der Waals surface area (Å²) < 4.78 is 5.77. The molecule has 0 saturated heterocycles. The van der Waals surface area contributed by atoms with E-state index < -0.39 is 0 Å². The maximum atomic E-state index is 5.77. The van der Waals surface area contributed by atoms with Gasteiger partial charge in [0.05, 0.1) is 11.6 Å². The molecule has 2 unspecified atom stereocenters. The van der Waals surface area contributed by atoms with Crippen molar-refractivity contribution in [3.63, 3.8) is 0 Å². The molecule has 0 bridgehead atoms. The van der Waals surface area contributed by atoms with Gasteiger partial charge in [0.25, 0.3) is 0 Å². The fourth-order valence-corrected chi connectivity index (χ4v) is 2.35. The summed E-state index contributed by atoms with van der Waals surface area (Å²) in [5.41, 5.74) is 2.54. The van der Waals surface area contributed by atoms with Gasteiger partial charge in [-0.15, -0.1) is 0 Å². The van der Waals surface area contributed by atoms with E-state index >= 15 is 0 Å². The Kier molecular flexibility index (Phi) is 5.83. The van der Waals surface area contributed by atoms with Crippen molar-refractivity contribution in [2.24, 2.45) is 0 Å². The van der Waals surface area contributed by atoms with Crippen molar-refractivity contribution in [3.05, 3.63) is 35.4 Å². The molecule has 1 N–H and O–H groups in total. The van der Waals surface area contributed by atoms with Crippen molar-refractivity contribution in [1.82, 2.24) is 5.32 Å². The first-order valence-electron chi connectivity index (χ1n) is 6.98. The molecule has 1 rings (SSSR count). The molecule has 0 heterocycles. The Labute approximate surface area is 112 Å². The van der Waals surface area contributed by atoms with Crippen LogP contribution >= 0.6 is 0 Å². The van der Waals surface area contributed by atoms with Gasteiger partial charge in [-0.05, 0) is 37.4 Å². The molecule has 0 aromatic heterocycles. The lowest BCUT2D eigenvalue weighted by atomic mass is 9.86. The van der Waals surface area contributed by atoms with Crippen molar-refractivity contribution >= 4 is 0 Å². The standard InChI is InChI=1S/C16H27NO/c1-6-13-10-9-11-14(12-13)15(17-8-3)16(4,7-2)18-5/h9-12,15,17H,6-8H2,1-5H3. The van der Waals surface area contributed by atoms with E-state index in [9.17, 15) is 0 Å². The van der Waals surface area contributed by atoms with Crippen molar-refractivity contribution in [2.45, 2.75) is 52.2 Å². The highest BCUT2D eigenvalue weighted by Crippen LogP contribution is 2.32. The summed E-state index contributed by atoms with van der Waals surface area (Å²) in [5.74, 6) is 0. The minimum atomic E-state index is -0.164. The predicted octanol–water partition coefficient (Wildman–Crippen LogP) is 3.71. The number of benzene rings is 1. The summed E-state index contributed by atoms with van der Waals surface area (Å²) in [6, 6.07) is 9.05. The number of hydrogen-bond donors (Lipinski definition) is 1. The molecule has 1 aromatic carbocycles. The molecular weight excluding hydrogens is 222 g/mol. The van der Waals surface area contributed by atoms with Gasteiger partial charge >= 0.3 is 0 Å². The maximum absolute atomic E-state index is 5.77. The average Bonchev–Trinajstić information content (AvgIpc) is 2.44. The van der Waals surface area contributed by atoms with Crippen LogP contribution in [0.25, 0.3) is 0 Å². The van der Waals surface area contributed by atoms with Gasteiger partial charge in [0, 0.05) is 7.11 Å². The summed E-state index contributed by atoms with van der Waals surface area (Å²) in [6.07, 6.45) is 2.06. The molecular formula is C16H27NO. The molecule has 0 aliphatic carbocycles. The molecule has 0 aliphatic heterocycles. The second-order valence-electron chi connectivity index (χ2n) is 4.96. The zero-order valence-corrected chi connectivity index (χ0v) is 12.4. The summed E-state index contributed by atoms with van der Waals surface area (Å²) in [7, 11) is 1.80. The maximum Gasteiger partial charge on any atom is 0.0841 e. The van der Waals surface area contributed by atoms with Gasteiger partial charge in [0.1, 0.15) is 0 Å². The number of nitrogens with one attached hydrogen (secondary N) is 1. The molecule has 0 radical (unpaired) electrons. The van der Waals surface area contributed by atoms with E-state index in [-0.39, 0.29) is 11.6 Å². The van der Waals surface area contributed by atoms with E-state index in [0.29, 0.717) is 0 Å². The zero-order chi connectivity index (χ0) is 13.6. The quantitative estimate of drug-likeness (QED) is 0.795. The van der Waals surface area contributed by atoms with Crippen LogP contribution in [0, 0.1) is 0 Å². The van der Waals surface area contributed by atoms with Crippen molar-refractivity contribution in [3.8, 4) is 0 Å². The Morgan fingerprint density at radius 2 is 2.00 bits per heavy atom. The van der Waals surface area contributed by atoms with E-state index in [0.717, 1.165) is 19.4 Å². The summed E-state index contributed by atoms with van der Waals surface area (Å²) >= 11 is 0.